The van der Waals surface area contributed by atoms with E-state index in [0.717, 1.165) is 30.7 Å². The number of fused-ring (bicyclic) bond motifs is 1. The number of aliphatic hydroxyl groups excluding tert-OH is 1. The summed E-state index contributed by atoms with van der Waals surface area (Å²) in [5.41, 5.74) is 5.69. The van der Waals surface area contributed by atoms with Crippen LogP contribution in [0.2, 0.25) is 0 Å². The van der Waals surface area contributed by atoms with Crippen molar-refractivity contribution >= 4 is 5.91 Å². The van der Waals surface area contributed by atoms with E-state index in [0.29, 0.717) is 30.7 Å². The second kappa shape index (κ2) is 6.20. The van der Waals surface area contributed by atoms with Gasteiger partial charge in [0.25, 0.3) is 5.91 Å². The molecule has 3 fully saturated rings. The molecule has 5 N–H and O–H groups in total. The van der Waals surface area contributed by atoms with Gasteiger partial charge in [0.05, 0.1) is 17.3 Å². The molecule has 0 aromatic heterocycles. The molecule has 152 valence electrons. The van der Waals surface area contributed by atoms with Gasteiger partial charge in [-0.3, -0.25) is 4.79 Å². The molecule has 28 heavy (non-hydrogen) atoms. The number of phenols is 1. The van der Waals surface area contributed by atoms with E-state index in [9.17, 15) is 20.1 Å². The number of hydrogen-bond donors (Lipinski definition) is 4. The molecular formula is C23H31NO4. The van der Waals surface area contributed by atoms with Crippen LogP contribution in [0.1, 0.15) is 79.3 Å². The molecule has 0 heterocycles. The van der Waals surface area contributed by atoms with E-state index in [2.05, 4.69) is 0 Å². The maximum atomic E-state index is 12.1. The van der Waals surface area contributed by atoms with Crippen molar-refractivity contribution in [2.75, 3.05) is 0 Å². The van der Waals surface area contributed by atoms with Gasteiger partial charge in [0.1, 0.15) is 5.75 Å². The molecule has 0 aliphatic heterocycles. The van der Waals surface area contributed by atoms with Gasteiger partial charge in [-0.05, 0) is 74.3 Å². The van der Waals surface area contributed by atoms with Gasteiger partial charge in [0.2, 0.25) is 0 Å². The normalized spacial score (nSPS) is 39.6. The molecule has 0 saturated heterocycles. The van der Waals surface area contributed by atoms with Crippen molar-refractivity contribution in [3.05, 3.63) is 28.8 Å². The summed E-state index contributed by atoms with van der Waals surface area (Å²) < 4.78 is 0. The van der Waals surface area contributed by atoms with Gasteiger partial charge in [-0.2, -0.15) is 0 Å². The first-order valence-corrected chi connectivity index (χ1v) is 10.9. The summed E-state index contributed by atoms with van der Waals surface area (Å²) in [6.07, 6.45) is 8.72. The Morgan fingerprint density at radius 1 is 1.18 bits per heavy atom. The first kappa shape index (κ1) is 18.4. The minimum atomic E-state index is -0.931. The molecule has 1 aromatic rings. The summed E-state index contributed by atoms with van der Waals surface area (Å²) in [4.78, 5) is 11.8. The zero-order chi connectivity index (χ0) is 19.7. The lowest BCUT2D eigenvalue weighted by Crippen LogP contribution is -2.67. The predicted molar refractivity (Wildman–Crippen MR) is 105 cm³/mol. The van der Waals surface area contributed by atoms with Crippen molar-refractivity contribution in [2.24, 2.45) is 23.5 Å². The lowest BCUT2D eigenvalue weighted by atomic mass is 9.43. The van der Waals surface area contributed by atoms with Crippen LogP contribution in [0.3, 0.4) is 0 Å². The average Bonchev–Trinajstić information content (AvgIpc) is 2.59. The minimum Gasteiger partial charge on any atom is -0.507 e. The van der Waals surface area contributed by atoms with Crippen molar-refractivity contribution in [1.29, 1.82) is 0 Å². The number of aliphatic hydroxyl groups is 2. The number of carbonyl (C=O) groups excluding carboxylic acids is 1. The number of benzene rings is 1. The number of carbonyl (C=O) groups is 1. The van der Waals surface area contributed by atoms with Gasteiger partial charge in [-0.1, -0.05) is 25.3 Å². The Balaban J connectivity index is 1.65. The highest BCUT2D eigenvalue weighted by Crippen LogP contribution is 2.65. The maximum absolute atomic E-state index is 12.1. The van der Waals surface area contributed by atoms with Crippen molar-refractivity contribution < 1.29 is 20.1 Å². The number of nitrogens with two attached hydrogens (primary N) is 1. The Labute approximate surface area is 165 Å². The predicted octanol–water partition coefficient (Wildman–Crippen LogP) is 2.78. The van der Waals surface area contributed by atoms with Crippen molar-refractivity contribution in [3.63, 3.8) is 0 Å². The SMILES string of the molecule is NC(=O)c1ccc2c(c1O)C13CCC(CC4CCC4)C(C2)C1(O)CCC(O)C3. The standard InChI is InChI=1S/C23H31NO4/c24-21(27)17-5-4-15-11-18-14(10-13-2-1-3-13)6-8-22(19(15)20(17)26)12-16(25)7-9-23(18,22)28/h4-5,13-14,16,18,25-26,28H,1-3,6-12H2,(H2,24,27). The molecule has 0 spiro atoms. The van der Waals surface area contributed by atoms with Crippen molar-refractivity contribution in [2.45, 2.75) is 81.3 Å². The third kappa shape index (κ3) is 2.35. The molecule has 4 aliphatic carbocycles. The molecule has 5 nitrogen and oxygen atoms in total. The molecule has 5 unspecified atom stereocenters. The van der Waals surface area contributed by atoms with E-state index in [-0.39, 0.29) is 17.2 Å². The maximum Gasteiger partial charge on any atom is 0.252 e. The van der Waals surface area contributed by atoms with E-state index >= 15 is 0 Å². The van der Waals surface area contributed by atoms with Crippen LogP contribution in [0.25, 0.3) is 0 Å². The topological polar surface area (TPSA) is 104 Å². The molecule has 5 heteroatoms. The van der Waals surface area contributed by atoms with Gasteiger partial charge in [-0.15, -0.1) is 0 Å². The van der Waals surface area contributed by atoms with Crippen LogP contribution in [0.15, 0.2) is 12.1 Å². The Bertz CT molecular complexity index is 819. The first-order valence-electron chi connectivity index (χ1n) is 10.9. The van der Waals surface area contributed by atoms with Crippen LogP contribution in [0, 0.1) is 17.8 Å². The molecule has 3 saturated carbocycles. The molecular weight excluding hydrogens is 354 g/mol. The van der Waals surface area contributed by atoms with E-state index in [4.69, 9.17) is 5.73 Å². The Morgan fingerprint density at radius 2 is 1.96 bits per heavy atom. The summed E-state index contributed by atoms with van der Waals surface area (Å²) in [7, 11) is 0. The van der Waals surface area contributed by atoms with Gasteiger partial charge < -0.3 is 21.1 Å². The lowest BCUT2D eigenvalue weighted by molar-refractivity contribution is -0.185. The molecule has 2 bridgehead atoms. The van der Waals surface area contributed by atoms with Crippen LogP contribution in [-0.4, -0.2) is 32.9 Å². The second-order valence-corrected chi connectivity index (χ2v) is 9.91. The van der Waals surface area contributed by atoms with Gasteiger partial charge in [0, 0.05) is 11.0 Å². The minimum absolute atomic E-state index is 0.0755. The van der Waals surface area contributed by atoms with Crippen LogP contribution >= 0.6 is 0 Å². The van der Waals surface area contributed by atoms with E-state index in [1.165, 1.54) is 25.7 Å². The molecule has 5 rings (SSSR count). The lowest BCUT2D eigenvalue weighted by Gasteiger charge is -2.64. The Kier molecular flexibility index (Phi) is 4.08. The summed E-state index contributed by atoms with van der Waals surface area (Å²) in [5, 5.41) is 33.7. The van der Waals surface area contributed by atoms with Gasteiger partial charge >= 0.3 is 0 Å². The molecule has 0 radical (unpaired) electrons. The van der Waals surface area contributed by atoms with Crippen molar-refractivity contribution in [3.8, 4) is 5.75 Å². The summed E-state index contributed by atoms with van der Waals surface area (Å²) >= 11 is 0. The van der Waals surface area contributed by atoms with E-state index < -0.39 is 23.0 Å². The van der Waals surface area contributed by atoms with Crippen LogP contribution in [-0.2, 0) is 11.8 Å². The number of rotatable bonds is 3. The van der Waals surface area contributed by atoms with E-state index in [1.807, 2.05) is 6.07 Å². The Morgan fingerprint density at radius 3 is 2.64 bits per heavy atom. The number of hydrogen-bond acceptors (Lipinski definition) is 4. The molecule has 4 aliphatic rings. The molecule has 1 aromatic carbocycles. The zero-order valence-electron chi connectivity index (χ0n) is 16.4. The summed E-state index contributed by atoms with van der Waals surface area (Å²) in [5.74, 6) is 0.707. The highest BCUT2D eigenvalue weighted by molar-refractivity contribution is 5.96. The van der Waals surface area contributed by atoms with Crippen LogP contribution in [0.4, 0.5) is 0 Å². The quantitative estimate of drug-likeness (QED) is 0.642. The average molecular weight is 386 g/mol. The highest BCUT2D eigenvalue weighted by Gasteiger charge is 2.65. The number of aromatic hydroxyl groups is 1. The van der Waals surface area contributed by atoms with Crippen LogP contribution in [0.5, 0.6) is 5.75 Å². The Hall–Kier alpha value is -1.59. The highest BCUT2D eigenvalue weighted by atomic mass is 16.3. The van der Waals surface area contributed by atoms with Crippen LogP contribution < -0.4 is 5.73 Å². The fourth-order valence-corrected chi connectivity index (χ4v) is 7.18. The molecule has 1 amide bonds. The second-order valence-electron chi connectivity index (χ2n) is 9.91. The third-order valence-corrected chi connectivity index (χ3v) is 8.70. The third-order valence-electron chi connectivity index (χ3n) is 8.70. The largest absolute Gasteiger partial charge is 0.507 e. The fraction of sp³-hybridized carbons (Fsp3) is 0.696. The van der Waals surface area contributed by atoms with Gasteiger partial charge in [-0.25, -0.2) is 0 Å². The fourth-order valence-electron chi connectivity index (χ4n) is 7.18. The van der Waals surface area contributed by atoms with Gasteiger partial charge in [0.15, 0.2) is 0 Å². The molecule has 5 atom stereocenters. The summed E-state index contributed by atoms with van der Waals surface area (Å²) in [6, 6.07) is 3.53. The summed E-state index contributed by atoms with van der Waals surface area (Å²) in [6.45, 7) is 0. The van der Waals surface area contributed by atoms with Crippen molar-refractivity contribution in [1.82, 2.24) is 0 Å². The van der Waals surface area contributed by atoms with E-state index in [1.54, 1.807) is 6.07 Å². The number of primary amides is 1. The monoisotopic (exact) mass is 385 g/mol. The zero-order valence-corrected chi connectivity index (χ0v) is 16.4. The smallest absolute Gasteiger partial charge is 0.252 e. The number of amides is 1. The first-order chi connectivity index (χ1) is 13.4.